The molecule has 1 unspecified atom stereocenters. The number of benzene rings is 1. The summed E-state index contributed by atoms with van der Waals surface area (Å²) in [5.74, 6) is -0.775. The van der Waals surface area contributed by atoms with E-state index in [0.29, 0.717) is 0 Å². The Kier molecular flexibility index (Phi) is 4.14. The molecule has 0 fully saturated rings. The number of anilines is 1. The minimum atomic E-state index is -0.579. The molecule has 0 radical (unpaired) electrons. The Hall–Kier alpha value is -2.21. The first-order valence-corrected chi connectivity index (χ1v) is 6.24. The van der Waals surface area contributed by atoms with Gasteiger partial charge in [0.2, 0.25) is 5.91 Å². The van der Waals surface area contributed by atoms with E-state index in [2.05, 4.69) is 15.7 Å². The van der Waals surface area contributed by atoms with Crippen LogP contribution < -0.4 is 10.6 Å². The Labute approximate surface area is 116 Å². The molecule has 0 aliphatic rings. The van der Waals surface area contributed by atoms with Crippen LogP contribution in [0.5, 0.6) is 0 Å². The van der Waals surface area contributed by atoms with Crippen molar-refractivity contribution in [2.75, 3.05) is 12.4 Å². The van der Waals surface area contributed by atoms with Crippen LogP contribution in [0, 0.1) is 12.7 Å². The van der Waals surface area contributed by atoms with Crippen molar-refractivity contribution in [3.8, 4) is 0 Å². The minimum Gasteiger partial charge on any atom is -0.322 e. The van der Waals surface area contributed by atoms with Gasteiger partial charge >= 0.3 is 0 Å². The molecule has 0 saturated carbocycles. The Bertz CT molecular complexity index is 623. The van der Waals surface area contributed by atoms with Crippen LogP contribution >= 0.6 is 0 Å². The van der Waals surface area contributed by atoms with Gasteiger partial charge in [-0.15, -0.1) is 0 Å². The topological polar surface area (TPSA) is 59.0 Å². The number of aryl methyl sites for hydroxylation is 2. The van der Waals surface area contributed by atoms with Gasteiger partial charge in [-0.1, -0.05) is 6.07 Å². The number of aromatic nitrogens is 2. The van der Waals surface area contributed by atoms with Gasteiger partial charge in [0.1, 0.15) is 11.9 Å². The number of amides is 1. The number of hydrogen-bond acceptors (Lipinski definition) is 3. The fourth-order valence-corrected chi connectivity index (χ4v) is 1.96. The summed E-state index contributed by atoms with van der Waals surface area (Å²) in [5, 5.41) is 9.50. The summed E-state index contributed by atoms with van der Waals surface area (Å²) < 4.78 is 15.3. The Morgan fingerprint density at radius 2 is 2.20 bits per heavy atom. The van der Waals surface area contributed by atoms with Crippen LogP contribution in [0.1, 0.15) is 17.2 Å². The number of carbonyl (C=O) groups excluding carboxylic acids is 1. The van der Waals surface area contributed by atoms with Crippen molar-refractivity contribution in [1.29, 1.82) is 0 Å². The van der Waals surface area contributed by atoms with E-state index in [1.807, 2.05) is 0 Å². The highest BCUT2D eigenvalue weighted by atomic mass is 19.1. The van der Waals surface area contributed by atoms with Crippen LogP contribution in [0.2, 0.25) is 0 Å². The molecule has 106 valence electrons. The molecule has 0 saturated heterocycles. The maximum absolute atomic E-state index is 13.7. The maximum Gasteiger partial charge on any atom is 0.246 e. The van der Waals surface area contributed by atoms with Crippen molar-refractivity contribution in [2.24, 2.45) is 7.05 Å². The van der Waals surface area contributed by atoms with E-state index in [4.69, 9.17) is 0 Å². The zero-order valence-electron chi connectivity index (χ0n) is 11.6. The van der Waals surface area contributed by atoms with Crippen molar-refractivity contribution < 1.29 is 9.18 Å². The van der Waals surface area contributed by atoms with Crippen molar-refractivity contribution in [3.05, 3.63) is 47.5 Å². The predicted octanol–water partition coefficient (Wildman–Crippen LogP) is 1.77. The summed E-state index contributed by atoms with van der Waals surface area (Å²) in [6.07, 6.45) is 3.35. The lowest BCUT2D eigenvalue weighted by Gasteiger charge is -2.15. The molecule has 1 aromatic heterocycles. The molecule has 5 nitrogen and oxygen atoms in total. The lowest BCUT2D eigenvalue weighted by Crippen LogP contribution is -2.30. The fourth-order valence-electron chi connectivity index (χ4n) is 1.96. The molecule has 1 atom stereocenters. The molecule has 0 spiro atoms. The summed E-state index contributed by atoms with van der Waals surface area (Å²) in [5.41, 5.74) is 1.70. The second-order valence-electron chi connectivity index (χ2n) is 4.64. The SMILES string of the molecule is CNC(C(=O)Nc1ccc(C)cc1F)c1cnn(C)c1. The van der Waals surface area contributed by atoms with Crippen LogP contribution in [0.25, 0.3) is 0 Å². The number of likely N-dealkylation sites (N-methyl/N-ethyl adjacent to an activating group) is 1. The monoisotopic (exact) mass is 276 g/mol. The van der Waals surface area contributed by atoms with Gasteiger partial charge in [0.25, 0.3) is 0 Å². The lowest BCUT2D eigenvalue weighted by atomic mass is 10.1. The van der Waals surface area contributed by atoms with Crippen LogP contribution in [0.4, 0.5) is 10.1 Å². The summed E-state index contributed by atoms with van der Waals surface area (Å²) in [4.78, 5) is 12.2. The number of nitrogens with one attached hydrogen (secondary N) is 2. The van der Waals surface area contributed by atoms with Gasteiger partial charge in [0.05, 0.1) is 11.9 Å². The van der Waals surface area contributed by atoms with Crippen molar-refractivity contribution in [1.82, 2.24) is 15.1 Å². The van der Waals surface area contributed by atoms with Gasteiger partial charge in [0.15, 0.2) is 0 Å². The molecule has 0 bridgehead atoms. The molecule has 2 aromatic rings. The van der Waals surface area contributed by atoms with Gasteiger partial charge in [-0.2, -0.15) is 5.10 Å². The van der Waals surface area contributed by atoms with Gasteiger partial charge in [-0.3, -0.25) is 9.48 Å². The summed E-state index contributed by atoms with van der Waals surface area (Å²) in [6, 6.07) is 4.11. The second kappa shape index (κ2) is 5.83. The number of hydrogen-bond donors (Lipinski definition) is 2. The number of nitrogens with zero attached hydrogens (tertiary/aromatic N) is 2. The molecular weight excluding hydrogens is 259 g/mol. The van der Waals surface area contributed by atoms with Crippen LogP contribution in [-0.2, 0) is 11.8 Å². The number of carbonyl (C=O) groups is 1. The first kappa shape index (κ1) is 14.2. The third-order valence-corrected chi connectivity index (χ3v) is 2.99. The first-order chi connectivity index (χ1) is 9.51. The van der Waals surface area contributed by atoms with E-state index in [1.165, 1.54) is 6.07 Å². The Morgan fingerprint density at radius 3 is 2.75 bits per heavy atom. The van der Waals surface area contributed by atoms with E-state index >= 15 is 0 Å². The number of halogens is 1. The van der Waals surface area contributed by atoms with E-state index in [-0.39, 0.29) is 11.6 Å². The van der Waals surface area contributed by atoms with Crippen molar-refractivity contribution in [2.45, 2.75) is 13.0 Å². The molecule has 0 aliphatic carbocycles. The third kappa shape index (κ3) is 3.03. The highest BCUT2D eigenvalue weighted by molar-refractivity contribution is 5.95. The zero-order chi connectivity index (χ0) is 14.7. The van der Waals surface area contributed by atoms with Gasteiger partial charge in [0, 0.05) is 18.8 Å². The maximum atomic E-state index is 13.7. The molecule has 0 aliphatic heterocycles. The van der Waals surface area contributed by atoms with Crippen molar-refractivity contribution in [3.63, 3.8) is 0 Å². The second-order valence-corrected chi connectivity index (χ2v) is 4.64. The van der Waals surface area contributed by atoms with E-state index in [0.717, 1.165) is 11.1 Å². The standard InChI is InChI=1S/C14H17FN4O/c1-9-4-5-12(11(15)6-9)18-14(20)13(16-2)10-7-17-19(3)8-10/h4-8,13,16H,1-3H3,(H,18,20). The van der Waals surface area contributed by atoms with E-state index in [1.54, 1.807) is 50.2 Å². The van der Waals surface area contributed by atoms with Gasteiger partial charge in [-0.05, 0) is 31.7 Å². The highest BCUT2D eigenvalue weighted by Gasteiger charge is 2.21. The third-order valence-electron chi connectivity index (χ3n) is 2.99. The average molecular weight is 276 g/mol. The number of rotatable bonds is 4. The minimum absolute atomic E-state index is 0.171. The first-order valence-electron chi connectivity index (χ1n) is 6.24. The Morgan fingerprint density at radius 1 is 1.45 bits per heavy atom. The molecule has 20 heavy (non-hydrogen) atoms. The van der Waals surface area contributed by atoms with E-state index < -0.39 is 11.9 Å². The molecule has 2 N–H and O–H groups in total. The van der Waals surface area contributed by atoms with Crippen LogP contribution in [-0.4, -0.2) is 22.7 Å². The molecular formula is C14H17FN4O. The zero-order valence-corrected chi connectivity index (χ0v) is 11.6. The summed E-state index contributed by atoms with van der Waals surface area (Å²) in [6.45, 7) is 1.79. The molecule has 1 heterocycles. The fraction of sp³-hybridized carbons (Fsp3) is 0.286. The van der Waals surface area contributed by atoms with Crippen LogP contribution in [0.3, 0.4) is 0 Å². The van der Waals surface area contributed by atoms with E-state index in [9.17, 15) is 9.18 Å². The quantitative estimate of drug-likeness (QED) is 0.894. The molecule has 2 rings (SSSR count). The largest absolute Gasteiger partial charge is 0.322 e. The predicted molar refractivity (Wildman–Crippen MR) is 74.8 cm³/mol. The summed E-state index contributed by atoms with van der Waals surface area (Å²) in [7, 11) is 3.44. The molecule has 6 heteroatoms. The highest BCUT2D eigenvalue weighted by Crippen LogP contribution is 2.18. The molecule has 1 amide bonds. The van der Waals surface area contributed by atoms with Crippen molar-refractivity contribution >= 4 is 11.6 Å². The lowest BCUT2D eigenvalue weighted by molar-refractivity contribution is -0.118. The van der Waals surface area contributed by atoms with Gasteiger partial charge < -0.3 is 10.6 Å². The Balaban J connectivity index is 2.17. The normalized spacial score (nSPS) is 12.2. The van der Waals surface area contributed by atoms with Gasteiger partial charge in [-0.25, -0.2) is 4.39 Å². The smallest absolute Gasteiger partial charge is 0.246 e. The summed E-state index contributed by atoms with van der Waals surface area (Å²) >= 11 is 0. The average Bonchev–Trinajstić information content (AvgIpc) is 2.80. The van der Waals surface area contributed by atoms with Crippen LogP contribution in [0.15, 0.2) is 30.6 Å². The molecule has 1 aromatic carbocycles.